The fraction of sp³-hybridized carbons (Fsp3) is 0.176. The molecule has 6 heteroatoms. The van der Waals surface area contributed by atoms with Gasteiger partial charge in [-0.2, -0.15) is 0 Å². The molecule has 0 saturated carbocycles. The Hall–Kier alpha value is -1.98. The minimum absolute atomic E-state index is 0.495. The zero-order valence-electron chi connectivity index (χ0n) is 12.5. The summed E-state index contributed by atoms with van der Waals surface area (Å²) in [4.78, 5) is 0. The monoisotopic (exact) mass is 346 g/mol. The van der Waals surface area contributed by atoms with E-state index in [1.807, 2.05) is 55.5 Å². The van der Waals surface area contributed by atoms with Crippen molar-refractivity contribution in [3.8, 4) is 17.2 Å². The van der Waals surface area contributed by atoms with E-state index in [2.05, 4.69) is 10.2 Å². The van der Waals surface area contributed by atoms with Gasteiger partial charge in [-0.1, -0.05) is 41.6 Å². The van der Waals surface area contributed by atoms with Crippen molar-refractivity contribution in [2.24, 2.45) is 0 Å². The molecule has 0 amide bonds. The van der Waals surface area contributed by atoms with E-state index in [0.29, 0.717) is 23.5 Å². The lowest BCUT2D eigenvalue weighted by Gasteiger charge is -2.02. The van der Waals surface area contributed by atoms with Gasteiger partial charge < -0.3 is 9.15 Å². The number of benzene rings is 2. The highest BCUT2D eigenvalue weighted by atomic mass is 35.5. The molecule has 0 bridgehead atoms. The van der Waals surface area contributed by atoms with Crippen LogP contribution in [0, 0.1) is 0 Å². The summed E-state index contributed by atoms with van der Waals surface area (Å²) in [6, 6.07) is 15.3. The molecule has 1 aromatic heterocycles. The van der Waals surface area contributed by atoms with E-state index >= 15 is 0 Å². The molecule has 23 heavy (non-hydrogen) atoms. The molecule has 4 nitrogen and oxygen atoms in total. The predicted molar refractivity (Wildman–Crippen MR) is 91.9 cm³/mol. The normalized spacial score (nSPS) is 10.7. The van der Waals surface area contributed by atoms with Crippen molar-refractivity contribution in [1.29, 1.82) is 0 Å². The lowest BCUT2D eigenvalue weighted by Crippen LogP contribution is -1.90. The van der Waals surface area contributed by atoms with Gasteiger partial charge in [-0.25, -0.2) is 0 Å². The van der Waals surface area contributed by atoms with Gasteiger partial charge in [0.1, 0.15) is 5.75 Å². The summed E-state index contributed by atoms with van der Waals surface area (Å²) in [5, 5.41) is 9.42. The van der Waals surface area contributed by atoms with Crippen molar-refractivity contribution < 1.29 is 9.15 Å². The number of nitrogens with zero attached hydrogens (tertiary/aromatic N) is 2. The highest BCUT2D eigenvalue weighted by Crippen LogP contribution is 2.28. The molecule has 0 N–H and O–H groups in total. The number of halogens is 1. The molecule has 0 fully saturated rings. The van der Waals surface area contributed by atoms with Crippen LogP contribution in [0.3, 0.4) is 0 Å². The predicted octanol–water partition coefficient (Wildman–Crippen LogP) is 5.08. The zero-order chi connectivity index (χ0) is 16.1. The number of hydrogen-bond donors (Lipinski definition) is 0. The van der Waals surface area contributed by atoms with Gasteiger partial charge in [-0.3, -0.25) is 0 Å². The van der Waals surface area contributed by atoms with Gasteiger partial charge in [0.15, 0.2) is 0 Å². The Kier molecular flexibility index (Phi) is 5.20. The molecule has 1 heterocycles. The van der Waals surface area contributed by atoms with Crippen LogP contribution in [0.25, 0.3) is 11.5 Å². The lowest BCUT2D eigenvalue weighted by molar-refractivity contribution is 0.340. The van der Waals surface area contributed by atoms with Gasteiger partial charge in [0.25, 0.3) is 5.22 Å². The van der Waals surface area contributed by atoms with Crippen LogP contribution in [-0.4, -0.2) is 16.8 Å². The van der Waals surface area contributed by atoms with Gasteiger partial charge in [-0.15, -0.1) is 10.2 Å². The topological polar surface area (TPSA) is 48.2 Å². The van der Waals surface area contributed by atoms with Crippen LogP contribution in [0.4, 0.5) is 0 Å². The molecule has 0 aliphatic rings. The number of ether oxygens (including phenoxy) is 1. The van der Waals surface area contributed by atoms with E-state index in [-0.39, 0.29) is 0 Å². The first-order valence-corrected chi connectivity index (χ1v) is 8.55. The Morgan fingerprint density at radius 1 is 1.09 bits per heavy atom. The third-order valence-electron chi connectivity index (χ3n) is 3.13. The molecule has 0 unspecified atom stereocenters. The third kappa shape index (κ3) is 4.06. The third-order valence-corrected chi connectivity index (χ3v) is 4.36. The summed E-state index contributed by atoms with van der Waals surface area (Å²) >= 11 is 7.61. The maximum atomic E-state index is 6.14. The zero-order valence-corrected chi connectivity index (χ0v) is 14.1. The van der Waals surface area contributed by atoms with Crippen LogP contribution < -0.4 is 4.74 Å². The number of aromatic nitrogens is 2. The Morgan fingerprint density at radius 3 is 2.61 bits per heavy atom. The average Bonchev–Trinajstić information content (AvgIpc) is 3.04. The SMILES string of the molecule is CCOc1ccc(-c2nnc(SCc3ccccc3Cl)o2)cc1. The molecule has 0 radical (unpaired) electrons. The van der Waals surface area contributed by atoms with E-state index in [0.717, 1.165) is 21.9 Å². The van der Waals surface area contributed by atoms with Crippen molar-refractivity contribution in [1.82, 2.24) is 10.2 Å². The Bertz CT molecular complexity index is 774. The number of hydrogen-bond acceptors (Lipinski definition) is 5. The van der Waals surface area contributed by atoms with E-state index in [1.54, 1.807) is 0 Å². The van der Waals surface area contributed by atoms with Gasteiger partial charge in [-0.05, 0) is 42.8 Å². The molecule has 0 aliphatic heterocycles. The van der Waals surface area contributed by atoms with Crippen molar-refractivity contribution in [2.75, 3.05) is 6.61 Å². The Labute approximate surface area is 143 Å². The average molecular weight is 347 g/mol. The smallest absolute Gasteiger partial charge is 0.277 e. The van der Waals surface area contributed by atoms with E-state index in [1.165, 1.54) is 11.8 Å². The first kappa shape index (κ1) is 15.9. The first-order valence-electron chi connectivity index (χ1n) is 7.19. The first-order chi connectivity index (χ1) is 11.3. The highest BCUT2D eigenvalue weighted by molar-refractivity contribution is 7.98. The second kappa shape index (κ2) is 7.53. The van der Waals surface area contributed by atoms with E-state index < -0.39 is 0 Å². The molecule has 2 aromatic carbocycles. The second-order valence-electron chi connectivity index (χ2n) is 4.71. The number of rotatable bonds is 6. The maximum Gasteiger partial charge on any atom is 0.277 e. The molecular formula is C17H15ClN2O2S. The van der Waals surface area contributed by atoms with Crippen LogP contribution in [0.15, 0.2) is 58.2 Å². The van der Waals surface area contributed by atoms with Gasteiger partial charge in [0, 0.05) is 16.3 Å². The van der Waals surface area contributed by atoms with Crippen molar-refractivity contribution in [3.63, 3.8) is 0 Å². The quantitative estimate of drug-likeness (QED) is 0.582. The molecule has 0 atom stereocenters. The summed E-state index contributed by atoms with van der Waals surface area (Å²) in [5.74, 6) is 2.00. The Morgan fingerprint density at radius 2 is 1.87 bits per heavy atom. The fourth-order valence-corrected chi connectivity index (χ4v) is 3.05. The molecule has 3 aromatic rings. The van der Waals surface area contributed by atoms with E-state index in [9.17, 15) is 0 Å². The van der Waals surface area contributed by atoms with Crippen molar-refractivity contribution in [3.05, 3.63) is 59.1 Å². The van der Waals surface area contributed by atoms with Crippen molar-refractivity contribution in [2.45, 2.75) is 17.9 Å². The number of thioether (sulfide) groups is 1. The second-order valence-corrected chi connectivity index (χ2v) is 6.04. The van der Waals surface area contributed by atoms with Gasteiger partial charge in [0.05, 0.1) is 6.61 Å². The molecule has 118 valence electrons. The summed E-state index contributed by atoms with van der Waals surface area (Å²) in [6.07, 6.45) is 0. The fourth-order valence-electron chi connectivity index (χ4n) is 2.00. The van der Waals surface area contributed by atoms with Crippen LogP contribution in [0.2, 0.25) is 5.02 Å². The molecule has 0 saturated heterocycles. The van der Waals surface area contributed by atoms with Crippen LogP contribution >= 0.6 is 23.4 Å². The van der Waals surface area contributed by atoms with Crippen LogP contribution in [0.1, 0.15) is 12.5 Å². The van der Waals surface area contributed by atoms with Gasteiger partial charge >= 0.3 is 0 Å². The molecule has 0 spiro atoms. The van der Waals surface area contributed by atoms with Crippen LogP contribution in [-0.2, 0) is 5.75 Å². The maximum absolute atomic E-state index is 6.14. The lowest BCUT2D eigenvalue weighted by atomic mass is 10.2. The van der Waals surface area contributed by atoms with E-state index in [4.69, 9.17) is 20.8 Å². The molecule has 0 aliphatic carbocycles. The Balaban J connectivity index is 1.67. The van der Waals surface area contributed by atoms with Crippen molar-refractivity contribution >= 4 is 23.4 Å². The highest BCUT2D eigenvalue weighted by Gasteiger charge is 2.10. The molecule has 3 rings (SSSR count). The summed E-state index contributed by atoms with van der Waals surface area (Å²) in [6.45, 7) is 2.59. The summed E-state index contributed by atoms with van der Waals surface area (Å²) < 4.78 is 11.1. The minimum atomic E-state index is 0.495. The minimum Gasteiger partial charge on any atom is -0.494 e. The summed E-state index contributed by atoms with van der Waals surface area (Å²) in [5.41, 5.74) is 1.91. The molecular weight excluding hydrogens is 332 g/mol. The standard InChI is InChI=1S/C17H15ClN2O2S/c1-2-21-14-9-7-12(8-10-14)16-19-20-17(22-16)23-11-13-5-3-4-6-15(13)18/h3-10H,2,11H2,1H3. The summed E-state index contributed by atoms with van der Waals surface area (Å²) in [7, 11) is 0. The van der Waals surface area contributed by atoms with Crippen LogP contribution in [0.5, 0.6) is 5.75 Å². The van der Waals surface area contributed by atoms with Gasteiger partial charge in [0.2, 0.25) is 5.89 Å². The largest absolute Gasteiger partial charge is 0.494 e.